The molecule has 0 bridgehead atoms. The first-order valence-corrected chi connectivity index (χ1v) is 22.4. The zero-order valence-electron chi connectivity index (χ0n) is 35.8. The van der Waals surface area contributed by atoms with Crippen LogP contribution in [0.1, 0.15) is 0 Å². The van der Waals surface area contributed by atoms with Crippen LogP contribution in [-0.4, -0.2) is 24.1 Å². The summed E-state index contributed by atoms with van der Waals surface area (Å²) < 4.78 is 4.66. The Hall–Kier alpha value is -8.93. The first-order valence-electron chi connectivity index (χ1n) is 22.4. The summed E-state index contributed by atoms with van der Waals surface area (Å²) in [6, 6.07) is 84.1. The van der Waals surface area contributed by atoms with Gasteiger partial charge in [0.2, 0.25) is 5.95 Å². The van der Waals surface area contributed by atoms with Crippen LogP contribution in [0, 0.1) is 0 Å². The van der Waals surface area contributed by atoms with Crippen molar-refractivity contribution in [3.8, 4) is 67.8 Å². The predicted molar refractivity (Wildman–Crippen MR) is 273 cm³/mol. The topological polar surface area (TPSA) is 48.5 Å². The van der Waals surface area contributed by atoms with Gasteiger partial charge in [0, 0.05) is 43.9 Å². The molecule has 3 heterocycles. The highest BCUT2D eigenvalue weighted by molar-refractivity contribution is 6.22. The second-order valence-electron chi connectivity index (χ2n) is 16.8. The molecule has 13 aromatic rings. The van der Waals surface area contributed by atoms with Crippen molar-refractivity contribution in [2.24, 2.45) is 0 Å². The summed E-state index contributed by atoms with van der Waals surface area (Å²) in [6.07, 6.45) is 0. The molecule has 0 aliphatic carbocycles. The molecule has 0 radical (unpaired) electrons. The molecule has 0 saturated carbocycles. The lowest BCUT2D eigenvalue weighted by Gasteiger charge is -2.15. The molecule has 0 fully saturated rings. The molecule has 0 aliphatic heterocycles. The van der Waals surface area contributed by atoms with Crippen molar-refractivity contribution >= 4 is 54.4 Å². The fraction of sp³-hybridized carbons (Fsp3) is 0. The molecule has 0 atom stereocenters. The maximum atomic E-state index is 5.38. The van der Waals surface area contributed by atoms with Gasteiger partial charge in [-0.25, -0.2) is 4.98 Å². The Kier molecular flexibility index (Phi) is 8.78. The van der Waals surface area contributed by atoms with Crippen LogP contribution >= 0.6 is 0 Å². The Bertz CT molecular complexity index is 3950. The molecule has 13 rings (SSSR count). The van der Waals surface area contributed by atoms with Crippen molar-refractivity contribution in [1.82, 2.24) is 24.1 Å². The SMILES string of the molecule is c1ccc(-c2ccc(-c3nc(-c4ccccc4)nc(-n4c5ccccc5c5cc6ccccc6c(-c6ccc7c(c6)c6ccccc6n7-c6ccc(-c7ccccc7)cc6)c54)n3)cc2)cc1. The maximum Gasteiger partial charge on any atom is 0.238 e. The van der Waals surface area contributed by atoms with Crippen molar-refractivity contribution in [1.29, 1.82) is 0 Å². The van der Waals surface area contributed by atoms with E-state index in [4.69, 9.17) is 15.0 Å². The minimum absolute atomic E-state index is 0.561. The minimum atomic E-state index is 0.561. The lowest BCUT2D eigenvalue weighted by Crippen LogP contribution is -2.07. The number of aromatic nitrogens is 5. The van der Waals surface area contributed by atoms with Crippen LogP contribution in [-0.2, 0) is 0 Å². The minimum Gasteiger partial charge on any atom is -0.309 e. The summed E-state index contributed by atoms with van der Waals surface area (Å²) in [5, 5.41) is 6.98. The number of hydrogen-bond acceptors (Lipinski definition) is 3. The van der Waals surface area contributed by atoms with E-state index in [1.54, 1.807) is 0 Å². The number of para-hydroxylation sites is 2. The second-order valence-corrected chi connectivity index (χ2v) is 16.8. The van der Waals surface area contributed by atoms with Gasteiger partial charge in [-0.1, -0.05) is 194 Å². The maximum absolute atomic E-state index is 5.38. The molecule has 5 nitrogen and oxygen atoms in total. The van der Waals surface area contributed by atoms with E-state index in [2.05, 4.69) is 221 Å². The highest BCUT2D eigenvalue weighted by atomic mass is 15.2. The van der Waals surface area contributed by atoms with Crippen LogP contribution in [0.25, 0.3) is 122 Å². The van der Waals surface area contributed by atoms with Crippen LogP contribution < -0.4 is 0 Å². The average molecular weight is 842 g/mol. The van der Waals surface area contributed by atoms with Gasteiger partial charge in [0.05, 0.1) is 22.1 Å². The van der Waals surface area contributed by atoms with E-state index in [0.29, 0.717) is 17.6 Å². The molecular weight excluding hydrogens is 803 g/mol. The lowest BCUT2D eigenvalue weighted by atomic mass is 9.94. The van der Waals surface area contributed by atoms with E-state index >= 15 is 0 Å². The zero-order valence-corrected chi connectivity index (χ0v) is 35.8. The zero-order chi connectivity index (χ0) is 43.6. The Balaban J connectivity index is 1.06. The van der Waals surface area contributed by atoms with Crippen LogP contribution in [0.4, 0.5) is 0 Å². The normalized spacial score (nSPS) is 11.6. The van der Waals surface area contributed by atoms with E-state index in [1.165, 1.54) is 27.3 Å². The van der Waals surface area contributed by atoms with Gasteiger partial charge < -0.3 is 4.57 Å². The van der Waals surface area contributed by atoms with Gasteiger partial charge in [-0.2, -0.15) is 9.97 Å². The number of fused-ring (bicyclic) bond motifs is 7. The molecule has 0 saturated heterocycles. The van der Waals surface area contributed by atoms with Gasteiger partial charge in [-0.3, -0.25) is 4.57 Å². The molecular formula is C61H39N5. The van der Waals surface area contributed by atoms with Gasteiger partial charge in [-0.15, -0.1) is 0 Å². The van der Waals surface area contributed by atoms with Crippen molar-refractivity contribution < 1.29 is 0 Å². The Morgan fingerprint density at radius 3 is 1.35 bits per heavy atom. The van der Waals surface area contributed by atoms with Gasteiger partial charge in [0.15, 0.2) is 11.6 Å². The van der Waals surface area contributed by atoms with E-state index < -0.39 is 0 Å². The quantitative estimate of drug-likeness (QED) is 0.161. The molecule has 10 aromatic carbocycles. The molecule has 0 unspecified atom stereocenters. The van der Waals surface area contributed by atoms with Crippen molar-refractivity contribution in [2.75, 3.05) is 0 Å². The summed E-state index contributed by atoms with van der Waals surface area (Å²) >= 11 is 0. The van der Waals surface area contributed by atoms with Gasteiger partial charge in [0.1, 0.15) is 0 Å². The molecule has 0 spiro atoms. The summed E-state index contributed by atoms with van der Waals surface area (Å²) in [7, 11) is 0. The van der Waals surface area contributed by atoms with E-state index in [0.717, 1.165) is 77.3 Å². The second kappa shape index (κ2) is 15.4. The molecule has 0 aliphatic rings. The average Bonchev–Trinajstić information content (AvgIpc) is 3.91. The highest BCUT2D eigenvalue weighted by Gasteiger charge is 2.23. The van der Waals surface area contributed by atoms with Crippen LogP contribution in [0.3, 0.4) is 0 Å². The Labute approximate surface area is 381 Å². The molecule has 66 heavy (non-hydrogen) atoms. The first-order chi connectivity index (χ1) is 32.7. The fourth-order valence-electron chi connectivity index (χ4n) is 9.88. The van der Waals surface area contributed by atoms with Gasteiger partial charge in [0.25, 0.3) is 0 Å². The standard InChI is InChI=1S/C61H39N5/c1-4-16-40(17-5-1)42-28-30-45(31-29-42)60-62-59(44-20-8-3-9-21-44)63-61(64-60)66-55-27-15-13-25-51(55)53-38-46-22-10-11-23-49(46)57(58(53)66)47-34-37-56-52(39-47)50-24-12-14-26-54(50)65(56)48-35-32-43(33-36-48)41-18-6-2-7-19-41/h1-39H. The molecule has 3 aromatic heterocycles. The van der Waals surface area contributed by atoms with Crippen molar-refractivity contribution in [3.05, 3.63) is 237 Å². The van der Waals surface area contributed by atoms with Crippen molar-refractivity contribution in [3.63, 3.8) is 0 Å². The number of rotatable bonds is 7. The van der Waals surface area contributed by atoms with Crippen LogP contribution in [0.15, 0.2) is 237 Å². The first kappa shape index (κ1) is 37.6. The van der Waals surface area contributed by atoms with E-state index in [1.807, 2.05) is 24.3 Å². The van der Waals surface area contributed by atoms with E-state index in [9.17, 15) is 0 Å². The smallest absolute Gasteiger partial charge is 0.238 e. The van der Waals surface area contributed by atoms with Crippen molar-refractivity contribution in [2.45, 2.75) is 0 Å². The van der Waals surface area contributed by atoms with Crippen LogP contribution in [0.5, 0.6) is 0 Å². The number of nitrogens with zero attached hydrogens (tertiary/aromatic N) is 5. The molecule has 0 N–H and O–H groups in total. The Morgan fingerprint density at radius 2 is 0.712 bits per heavy atom. The van der Waals surface area contributed by atoms with Crippen LogP contribution in [0.2, 0.25) is 0 Å². The summed E-state index contributed by atoms with van der Waals surface area (Å²) in [5.74, 6) is 1.78. The molecule has 0 amide bonds. The lowest BCUT2D eigenvalue weighted by molar-refractivity contribution is 0.954. The van der Waals surface area contributed by atoms with Gasteiger partial charge >= 0.3 is 0 Å². The summed E-state index contributed by atoms with van der Waals surface area (Å²) in [6.45, 7) is 0. The predicted octanol–water partition coefficient (Wildman–Crippen LogP) is 15.6. The van der Waals surface area contributed by atoms with Gasteiger partial charge in [-0.05, 0) is 81.1 Å². The molecule has 5 heteroatoms. The summed E-state index contributed by atoms with van der Waals surface area (Å²) in [4.78, 5) is 15.9. The number of benzene rings is 10. The third kappa shape index (κ3) is 6.21. The third-order valence-corrected chi connectivity index (χ3v) is 13.0. The monoisotopic (exact) mass is 841 g/mol. The highest BCUT2D eigenvalue weighted by Crippen LogP contribution is 2.44. The Morgan fingerprint density at radius 1 is 0.273 bits per heavy atom. The fourth-order valence-corrected chi connectivity index (χ4v) is 9.88. The molecule has 308 valence electrons. The van der Waals surface area contributed by atoms with E-state index in [-0.39, 0.29) is 0 Å². The third-order valence-electron chi connectivity index (χ3n) is 13.0. The largest absolute Gasteiger partial charge is 0.309 e. The number of hydrogen-bond donors (Lipinski definition) is 0. The summed E-state index contributed by atoms with van der Waals surface area (Å²) in [5.41, 5.74) is 14.3.